The first-order chi connectivity index (χ1) is 6.04. The summed E-state index contributed by atoms with van der Waals surface area (Å²) in [5, 5.41) is 0. The lowest BCUT2D eigenvalue weighted by Crippen LogP contribution is -1.90. The van der Waals surface area contributed by atoms with Crippen LogP contribution in [0.1, 0.15) is 5.56 Å². The zero-order valence-electron chi connectivity index (χ0n) is 6.12. The molecule has 0 unspecified atom stereocenters. The van der Waals surface area contributed by atoms with E-state index in [1.807, 2.05) is 0 Å². The Hall–Kier alpha value is -0.590. The smallest absolute Gasteiger partial charge is 0.196 e. The van der Waals surface area contributed by atoms with Gasteiger partial charge in [-0.25, -0.2) is 13.2 Å². The fraction of sp³-hybridized carbons (Fsp3) is 0. The Kier molecular flexibility index (Phi) is 3.29. The average molecular weight is 302 g/mol. The highest BCUT2D eigenvalue weighted by Crippen LogP contribution is 2.28. The highest BCUT2D eigenvalue weighted by molar-refractivity contribution is 14.1. The summed E-state index contributed by atoms with van der Waals surface area (Å²) in [6.07, 6.45) is 0. The standard InChI is InChI=1S/C8H3F4I/c9-5-3-1-2-4(6(5)10)7(11)8(12)13/h1-3H. The van der Waals surface area contributed by atoms with Crippen LogP contribution in [0.4, 0.5) is 17.6 Å². The number of halogens is 5. The van der Waals surface area contributed by atoms with Crippen molar-refractivity contribution < 1.29 is 17.6 Å². The molecule has 0 spiro atoms. The van der Waals surface area contributed by atoms with Crippen molar-refractivity contribution in [1.82, 2.24) is 0 Å². The molecule has 0 heterocycles. The quantitative estimate of drug-likeness (QED) is 0.544. The maximum Gasteiger partial charge on any atom is 0.196 e. The molecule has 0 nitrogen and oxygen atoms in total. The molecule has 70 valence electrons. The molecule has 0 saturated heterocycles. The van der Waals surface area contributed by atoms with Crippen LogP contribution in [-0.4, -0.2) is 0 Å². The molecule has 1 rings (SSSR count). The predicted octanol–water partition coefficient (Wildman–Crippen LogP) is 3.96. The van der Waals surface area contributed by atoms with Crippen molar-refractivity contribution in [1.29, 1.82) is 0 Å². The van der Waals surface area contributed by atoms with E-state index in [-0.39, 0.29) is 0 Å². The van der Waals surface area contributed by atoms with E-state index in [2.05, 4.69) is 0 Å². The van der Waals surface area contributed by atoms with E-state index in [1.165, 1.54) is 0 Å². The van der Waals surface area contributed by atoms with Crippen molar-refractivity contribution >= 4 is 28.4 Å². The molecular weight excluding hydrogens is 299 g/mol. The van der Waals surface area contributed by atoms with Gasteiger partial charge in [0.05, 0.1) is 5.56 Å². The van der Waals surface area contributed by atoms with Crippen LogP contribution in [0.2, 0.25) is 0 Å². The third-order valence-corrected chi connectivity index (χ3v) is 1.83. The monoisotopic (exact) mass is 302 g/mol. The first-order valence-electron chi connectivity index (χ1n) is 3.19. The summed E-state index contributed by atoms with van der Waals surface area (Å²) in [7, 11) is 0. The van der Waals surface area contributed by atoms with E-state index in [4.69, 9.17) is 0 Å². The van der Waals surface area contributed by atoms with Gasteiger partial charge in [-0.05, 0) is 34.7 Å². The summed E-state index contributed by atoms with van der Waals surface area (Å²) >= 11 is 1.05. The molecule has 0 atom stereocenters. The fourth-order valence-electron chi connectivity index (χ4n) is 0.775. The van der Waals surface area contributed by atoms with Gasteiger partial charge in [0.15, 0.2) is 21.3 Å². The highest BCUT2D eigenvalue weighted by atomic mass is 127. The first-order valence-corrected chi connectivity index (χ1v) is 4.27. The van der Waals surface area contributed by atoms with E-state index in [0.717, 1.165) is 40.8 Å². The van der Waals surface area contributed by atoms with Gasteiger partial charge in [-0.15, -0.1) is 0 Å². The van der Waals surface area contributed by atoms with Crippen LogP contribution in [0.5, 0.6) is 0 Å². The number of hydrogen-bond acceptors (Lipinski definition) is 0. The first kappa shape index (κ1) is 10.5. The van der Waals surface area contributed by atoms with E-state index in [1.54, 1.807) is 0 Å². The van der Waals surface area contributed by atoms with Crippen molar-refractivity contribution in [2.24, 2.45) is 0 Å². The molecule has 0 aliphatic heterocycles. The number of hydrogen-bond donors (Lipinski definition) is 0. The number of rotatable bonds is 1. The van der Waals surface area contributed by atoms with Crippen LogP contribution < -0.4 is 0 Å². The largest absolute Gasteiger partial charge is 0.204 e. The summed E-state index contributed by atoms with van der Waals surface area (Å²) in [4.78, 5) is 0. The summed E-state index contributed by atoms with van der Waals surface area (Å²) in [6.45, 7) is 0. The molecule has 13 heavy (non-hydrogen) atoms. The SMILES string of the molecule is FC(I)=C(F)c1cccc(F)c1F. The Morgan fingerprint density at radius 2 is 1.77 bits per heavy atom. The van der Waals surface area contributed by atoms with Gasteiger partial charge in [0.1, 0.15) is 0 Å². The maximum atomic E-state index is 12.8. The van der Waals surface area contributed by atoms with Crippen molar-refractivity contribution in [2.45, 2.75) is 0 Å². The van der Waals surface area contributed by atoms with Crippen LogP contribution >= 0.6 is 22.6 Å². The van der Waals surface area contributed by atoms with Gasteiger partial charge in [-0.3, -0.25) is 0 Å². The lowest BCUT2D eigenvalue weighted by molar-refractivity contribution is 0.502. The summed E-state index contributed by atoms with van der Waals surface area (Å²) in [5.41, 5.74) is -0.702. The molecule has 0 saturated carbocycles. The lowest BCUT2D eigenvalue weighted by Gasteiger charge is -1.99. The molecule has 0 aliphatic carbocycles. The van der Waals surface area contributed by atoms with Crippen molar-refractivity contribution in [3.63, 3.8) is 0 Å². The van der Waals surface area contributed by atoms with Crippen LogP contribution in [0.15, 0.2) is 22.0 Å². The molecule has 5 heteroatoms. The van der Waals surface area contributed by atoms with Gasteiger partial charge >= 0.3 is 0 Å². The van der Waals surface area contributed by atoms with Crippen molar-refractivity contribution in [2.75, 3.05) is 0 Å². The topological polar surface area (TPSA) is 0 Å². The molecule has 0 amide bonds. The second kappa shape index (κ2) is 4.08. The van der Waals surface area contributed by atoms with E-state index in [9.17, 15) is 17.6 Å². The predicted molar refractivity (Wildman–Crippen MR) is 49.5 cm³/mol. The minimum atomic E-state index is -1.39. The van der Waals surface area contributed by atoms with E-state index >= 15 is 0 Å². The van der Waals surface area contributed by atoms with Gasteiger partial charge in [0.2, 0.25) is 0 Å². The third kappa shape index (κ3) is 2.20. The van der Waals surface area contributed by atoms with Gasteiger partial charge in [-0.2, -0.15) is 4.39 Å². The van der Waals surface area contributed by atoms with Gasteiger partial charge < -0.3 is 0 Å². The second-order valence-corrected chi connectivity index (χ2v) is 3.12. The van der Waals surface area contributed by atoms with E-state index < -0.39 is 26.9 Å². The van der Waals surface area contributed by atoms with Gasteiger partial charge in [0.25, 0.3) is 0 Å². The Balaban J connectivity index is 3.32. The molecule has 1 aromatic carbocycles. The molecule has 0 N–H and O–H groups in total. The Morgan fingerprint density at radius 3 is 2.31 bits per heavy atom. The molecule has 0 aliphatic rings. The molecule has 0 radical (unpaired) electrons. The molecule has 0 aromatic heterocycles. The summed E-state index contributed by atoms with van der Waals surface area (Å²) < 4.78 is 49.2. The third-order valence-electron chi connectivity index (χ3n) is 1.35. The Morgan fingerprint density at radius 1 is 1.15 bits per heavy atom. The Labute approximate surface area is 85.4 Å². The minimum Gasteiger partial charge on any atom is -0.204 e. The van der Waals surface area contributed by atoms with Crippen molar-refractivity contribution in [3.05, 3.63) is 39.2 Å². The lowest BCUT2D eigenvalue weighted by atomic mass is 10.2. The van der Waals surface area contributed by atoms with Crippen molar-refractivity contribution in [3.8, 4) is 0 Å². The second-order valence-electron chi connectivity index (χ2n) is 2.18. The van der Waals surface area contributed by atoms with Crippen LogP contribution in [0, 0.1) is 11.6 Å². The van der Waals surface area contributed by atoms with E-state index in [0.29, 0.717) is 0 Å². The highest BCUT2D eigenvalue weighted by Gasteiger charge is 2.14. The summed E-state index contributed by atoms with van der Waals surface area (Å²) in [6, 6.07) is 2.90. The zero-order valence-corrected chi connectivity index (χ0v) is 8.28. The van der Waals surface area contributed by atoms with Crippen LogP contribution in [-0.2, 0) is 0 Å². The number of benzene rings is 1. The molecule has 0 bridgehead atoms. The van der Waals surface area contributed by atoms with Crippen LogP contribution in [0.25, 0.3) is 5.83 Å². The Bertz CT molecular complexity index is 355. The maximum absolute atomic E-state index is 12.8. The normalized spacial score (nSPS) is 12.7. The minimum absolute atomic E-state index is 0.702. The zero-order chi connectivity index (χ0) is 10.0. The fourth-order valence-corrected chi connectivity index (χ4v) is 1.07. The molecule has 0 fully saturated rings. The molecule has 1 aromatic rings. The van der Waals surface area contributed by atoms with Crippen LogP contribution in [0.3, 0.4) is 0 Å². The molecular formula is C8H3F4I. The van der Waals surface area contributed by atoms with Gasteiger partial charge in [-0.1, -0.05) is 6.07 Å². The van der Waals surface area contributed by atoms with Gasteiger partial charge in [0, 0.05) is 0 Å². The summed E-state index contributed by atoms with van der Waals surface area (Å²) in [5.74, 6) is -3.98. The average Bonchev–Trinajstić information content (AvgIpc) is 2.08.